The summed E-state index contributed by atoms with van der Waals surface area (Å²) in [5, 5.41) is 22.7. The first-order valence-electron chi connectivity index (χ1n) is 8.52. The first-order valence-corrected chi connectivity index (χ1v) is 8.52. The van der Waals surface area contributed by atoms with Crippen LogP contribution in [0.1, 0.15) is 37.7 Å². The van der Waals surface area contributed by atoms with Crippen LogP contribution in [0.3, 0.4) is 0 Å². The number of aromatic carboxylic acids is 1. The molecule has 0 aliphatic rings. The van der Waals surface area contributed by atoms with Crippen molar-refractivity contribution in [1.29, 1.82) is 0 Å². The minimum absolute atomic E-state index is 0.103. The van der Waals surface area contributed by atoms with Gasteiger partial charge in [-0.15, -0.1) is 0 Å². The van der Waals surface area contributed by atoms with Crippen molar-refractivity contribution in [2.24, 2.45) is 5.10 Å². The van der Waals surface area contributed by atoms with E-state index in [9.17, 15) is 19.8 Å². The molecule has 3 aromatic rings. The second-order valence-corrected chi connectivity index (χ2v) is 6.28. The molecule has 7 heteroatoms. The van der Waals surface area contributed by atoms with Crippen LogP contribution in [0.5, 0.6) is 5.75 Å². The van der Waals surface area contributed by atoms with Crippen molar-refractivity contribution in [2.45, 2.75) is 13.8 Å². The van der Waals surface area contributed by atoms with Gasteiger partial charge in [0.2, 0.25) is 0 Å². The summed E-state index contributed by atoms with van der Waals surface area (Å²) in [6, 6.07) is 14.5. The van der Waals surface area contributed by atoms with Crippen LogP contribution in [-0.4, -0.2) is 32.9 Å². The molecule has 28 heavy (non-hydrogen) atoms. The number of aromatic hydroxyl groups is 1. The number of carbonyl (C=O) groups is 2. The number of hydrogen-bond acceptors (Lipinski definition) is 4. The summed E-state index contributed by atoms with van der Waals surface area (Å²) < 4.78 is 1.79. The van der Waals surface area contributed by atoms with Crippen LogP contribution < -0.4 is 5.43 Å². The molecule has 2 aromatic carbocycles. The number of aryl methyl sites for hydroxylation is 2. The Hall–Kier alpha value is -3.87. The number of nitrogens with one attached hydrogen (secondary N) is 1. The van der Waals surface area contributed by atoms with Crippen molar-refractivity contribution < 1.29 is 19.8 Å². The average Bonchev–Trinajstić information content (AvgIpc) is 3.01. The lowest BCUT2D eigenvalue weighted by Crippen LogP contribution is -2.19. The smallest absolute Gasteiger partial charge is 0.337 e. The highest BCUT2D eigenvalue weighted by molar-refractivity contribution is 5.98. The fraction of sp³-hybridized carbons (Fsp3) is 0.0952. The Morgan fingerprint density at radius 3 is 2.25 bits per heavy atom. The van der Waals surface area contributed by atoms with Gasteiger partial charge in [0.1, 0.15) is 5.75 Å². The Morgan fingerprint density at radius 2 is 1.64 bits per heavy atom. The van der Waals surface area contributed by atoms with Crippen LogP contribution in [0.15, 0.2) is 59.7 Å². The molecule has 1 amide bonds. The molecule has 1 heterocycles. The average molecular weight is 377 g/mol. The van der Waals surface area contributed by atoms with E-state index in [4.69, 9.17) is 0 Å². The third-order valence-corrected chi connectivity index (χ3v) is 4.28. The summed E-state index contributed by atoms with van der Waals surface area (Å²) in [6.45, 7) is 3.74. The van der Waals surface area contributed by atoms with E-state index in [1.165, 1.54) is 36.5 Å². The van der Waals surface area contributed by atoms with Crippen LogP contribution >= 0.6 is 0 Å². The van der Waals surface area contributed by atoms with E-state index in [1.807, 2.05) is 26.0 Å². The predicted octanol–water partition coefficient (Wildman–Crippen LogP) is 3.26. The number of benzene rings is 2. The van der Waals surface area contributed by atoms with Crippen molar-refractivity contribution in [1.82, 2.24) is 9.99 Å². The number of carboxylic acid groups (broad SMARTS) is 1. The van der Waals surface area contributed by atoms with Gasteiger partial charge < -0.3 is 14.8 Å². The summed E-state index contributed by atoms with van der Waals surface area (Å²) in [5.74, 6) is -1.39. The standard InChI is InChI=1S/C21H19N3O4/c1-13-3-4-14(2)24(13)19-11-16(7-10-18(19)21(27)28)20(26)23-22-12-15-5-8-17(25)9-6-15/h3-12,25H,1-2H3,(H,23,26)(H,27,28)/b22-12+. The molecular formula is C21H19N3O4. The number of amides is 1. The molecule has 0 aliphatic carbocycles. The van der Waals surface area contributed by atoms with Crippen molar-refractivity contribution in [2.75, 3.05) is 0 Å². The van der Waals surface area contributed by atoms with Gasteiger partial charge in [-0.3, -0.25) is 4.79 Å². The number of nitrogens with zero attached hydrogens (tertiary/aromatic N) is 2. The highest BCUT2D eigenvalue weighted by atomic mass is 16.4. The SMILES string of the molecule is Cc1ccc(C)n1-c1cc(C(=O)N/N=C/c2ccc(O)cc2)ccc1C(=O)O. The van der Waals surface area contributed by atoms with Crippen LogP contribution in [0.25, 0.3) is 5.69 Å². The van der Waals surface area contributed by atoms with Crippen LogP contribution in [0, 0.1) is 13.8 Å². The number of aromatic nitrogens is 1. The van der Waals surface area contributed by atoms with Gasteiger partial charge in [-0.2, -0.15) is 5.10 Å². The fourth-order valence-corrected chi connectivity index (χ4v) is 2.88. The Morgan fingerprint density at radius 1 is 1.00 bits per heavy atom. The molecule has 0 aliphatic heterocycles. The molecule has 3 rings (SSSR count). The third-order valence-electron chi connectivity index (χ3n) is 4.28. The molecule has 0 fully saturated rings. The quantitative estimate of drug-likeness (QED) is 0.469. The van der Waals surface area contributed by atoms with Crippen molar-refractivity contribution in [3.63, 3.8) is 0 Å². The lowest BCUT2D eigenvalue weighted by atomic mass is 10.1. The van der Waals surface area contributed by atoms with Gasteiger partial charge in [0.25, 0.3) is 5.91 Å². The topological polar surface area (TPSA) is 104 Å². The second kappa shape index (κ2) is 7.79. The lowest BCUT2D eigenvalue weighted by Gasteiger charge is -2.14. The molecule has 0 atom stereocenters. The zero-order valence-electron chi connectivity index (χ0n) is 15.4. The summed E-state index contributed by atoms with van der Waals surface area (Å²) in [7, 11) is 0. The summed E-state index contributed by atoms with van der Waals surface area (Å²) in [5.41, 5.74) is 5.67. The van der Waals surface area contributed by atoms with E-state index in [-0.39, 0.29) is 16.9 Å². The highest BCUT2D eigenvalue weighted by Crippen LogP contribution is 2.22. The molecule has 142 valence electrons. The van der Waals surface area contributed by atoms with Crippen LogP contribution in [0.4, 0.5) is 0 Å². The number of phenols is 1. The molecule has 0 bridgehead atoms. The van der Waals surface area contributed by atoms with Crippen molar-refractivity contribution in [3.05, 3.63) is 82.7 Å². The van der Waals surface area contributed by atoms with Gasteiger partial charge in [0.15, 0.2) is 0 Å². The van der Waals surface area contributed by atoms with Crippen molar-refractivity contribution in [3.8, 4) is 11.4 Å². The van der Waals surface area contributed by atoms with Gasteiger partial charge in [-0.25, -0.2) is 10.2 Å². The monoisotopic (exact) mass is 377 g/mol. The van der Waals surface area contributed by atoms with E-state index in [0.29, 0.717) is 11.3 Å². The van der Waals surface area contributed by atoms with Gasteiger partial charge >= 0.3 is 5.97 Å². The number of carboxylic acids is 1. The van der Waals surface area contributed by atoms with E-state index in [1.54, 1.807) is 16.7 Å². The fourth-order valence-electron chi connectivity index (χ4n) is 2.88. The third kappa shape index (κ3) is 3.93. The number of phenolic OH excluding ortho intramolecular Hbond substituents is 1. The number of hydrazone groups is 1. The number of hydrogen-bond donors (Lipinski definition) is 3. The lowest BCUT2D eigenvalue weighted by molar-refractivity contribution is 0.0696. The first-order chi connectivity index (χ1) is 13.4. The normalized spacial score (nSPS) is 10.9. The van der Waals surface area contributed by atoms with Gasteiger partial charge in [0, 0.05) is 17.0 Å². The molecule has 0 spiro atoms. The molecule has 7 nitrogen and oxygen atoms in total. The zero-order valence-corrected chi connectivity index (χ0v) is 15.4. The minimum atomic E-state index is -1.07. The maximum absolute atomic E-state index is 12.4. The maximum atomic E-state index is 12.4. The first kappa shape index (κ1) is 18.9. The Bertz CT molecular complexity index is 1050. The maximum Gasteiger partial charge on any atom is 0.337 e. The molecule has 1 aromatic heterocycles. The van der Waals surface area contributed by atoms with E-state index in [0.717, 1.165) is 11.4 Å². The molecule has 3 N–H and O–H groups in total. The summed E-state index contributed by atoms with van der Waals surface area (Å²) in [4.78, 5) is 24.1. The number of carbonyl (C=O) groups excluding carboxylic acids is 1. The molecule has 0 saturated carbocycles. The summed E-state index contributed by atoms with van der Waals surface area (Å²) >= 11 is 0. The molecular weight excluding hydrogens is 358 g/mol. The van der Waals surface area contributed by atoms with Gasteiger partial charge in [-0.1, -0.05) is 0 Å². The second-order valence-electron chi connectivity index (χ2n) is 6.28. The predicted molar refractivity (Wildman–Crippen MR) is 105 cm³/mol. The Kier molecular flexibility index (Phi) is 5.26. The minimum Gasteiger partial charge on any atom is -0.508 e. The van der Waals surface area contributed by atoms with E-state index < -0.39 is 11.9 Å². The molecule has 0 unspecified atom stereocenters. The summed E-state index contributed by atoms with van der Waals surface area (Å²) in [6.07, 6.45) is 1.45. The largest absolute Gasteiger partial charge is 0.508 e. The highest BCUT2D eigenvalue weighted by Gasteiger charge is 2.17. The van der Waals surface area contributed by atoms with E-state index in [2.05, 4.69) is 10.5 Å². The molecule has 0 saturated heterocycles. The van der Waals surface area contributed by atoms with E-state index >= 15 is 0 Å². The van der Waals surface area contributed by atoms with Gasteiger partial charge in [0.05, 0.1) is 17.5 Å². The van der Waals surface area contributed by atoms with Crippen LogP contribution in [-0.2, 0) is 0 Å². The molecule has 0 radical (unpaired) electrons. The zero-order chi connectivity index (χ0) is 20.3. The van der Waals surface area contributed by atoms with Crippen LogP contribution in [0.2, 0.25) is 0 Å². The van der Waals surface area contributed by atoms with Crippen molar-refractivity contribution >= 4 is 18.1 Å². The Balaban J connectivity index is 1.88. The Labute approximate surface area is 161 Å². The number of rotatable bonds is 5. The van der Waals surface area contributed by atoms with Gasteiger partial charge in [-0.05, 0) is 74.0 Å².